The van der Waals surface area contributed by atoms with E-state index in [0.717, 1.165) is 11.3 Å². The van der Waals surface area contributed by atoms with Gasteiger partial charge in [0.25, 0.3) is 5.91 Å². The third-order valence-electron chi connectivity index (χ3n) is 3.74. The number of benzene rings is 2. The Morgan fingerprint density at radius 2 is 1.81 bits per heavy atom. The van der Waals surface area contributed by atoms with Crippen LogP contribution in [0.25, 0.3) is 5.69 Å². The van der Waals surface area contributed by atoms with Crippen LogP contribution in [0, 0.1) is 6.92 Å². The van der Waals surface area contributed by atoms with Crippen molar-refractivity contribution in [2.24, 2.45) is 0 Å². The van der Waals surface area contributed by atoms with E-state index in [1.54, 1.807) is 35.1 Å². The summed E-state index contributed by atoms with van der Waals surface area (Å²) in [6, 6.07) is 12.5. The van der Waals surface area contributed by atoms with Gasteiger partial charge in [-0.15, -0.1) is 0 Å². The van der Waals surface area contributed by atoms with Gasteiger partial charge < -0.3 is 10.6 Å². The molecule has 0 radical (unpaired) electrons. The SMILES string of the molecule is CC(=O)Nc1cc(NC(=O)c2cnn(-c3ccc(Cl)cc3)c2)ccc1C. The van der Waals surface area contributed by atoms with Crippen molar-refractivity contribution in [3.05, 3.63) is 71.0 Å². The molecule has 0 saturated heterocycles. The van der Waals surface area contributed by atoms with Gasteiger partial charge in [-0.2, -0.15) is 5.10 Å². The molecule has 132 valence electrons. The lowest BCUT2D eigenvalue weighted by Gasteiger charge is -2.10. The molecule has 6 nitrogen and oxygen atoms in total. The number of rotatable bonds is 4. The third-order valence-corrected chi connectivity index (χ3v) is 3.99. The molecule has 0 aliphatic heterocycles. The zero-order chi connectivity index (χ0) is 18.7. The minimum atomic E-state index is -0.289. The number of aromatic nitrogens is 2. The highest BCUT2D eigenvalue weighted by Crippen LogP contribution is 2.21. The first kappa shape index (κ1) is 17.7. The van der Waals surface area contributed by atoms with Crippen LogP contribution in [0.4, 0.5) is 11.4 Å². The van der Waals surface area contributed by atoms with Crippen molar-refractivity contribution >= 4 is 34.8 Å². The molecule has 0 unspecified atom stereocenters. The molecule has 0 fully saturated rings. The summed E-state index contributed by atoms with van der Waals surface area (Å²) in [7, 11) is 0. The Hall–Kier alpha value is -3.12. The van der Waals surface area contributed by atoms with Crippen molar-refractivity contribution in [3.8, 4) is 5.69 Å². The number of aryl methyl sites for hydroxylation is 1. The van der Waals surface area contributed by atoms with Gasteiger partial charge in [-0.3, -0.25) is 9.59 Å². The quantitative estimate of drug-likeness (QED) is 0.729. The molecule has 2 aromatic carbocycles. The van der Waals surface area contributed by atoms with Gasteiger partial charge >= 0.3 is 0 Å². The second kappa shape index (κ2) is 7.41. The average Bonchev–Trinajstić information content (AvgIpc) is 3.08. The molecule has 3 rings (SSSR count). The molecule has 1 aromatic heterocycles. The molecule has 1 heterocycles. The largest absolute Gasteiger partial charge is 0.326 e. The van der Waals surface area contributed by atoms with E-state index >= 15 is 0 Å². The highest BCUT2D eigenvalue weighted by Gasteiger charge is 2.11. The monoisotopic (exact) mass is 368 g/mol. The summed E-state index contributed by atoms with van der Waals surface area (Å²) in [6.07, 6.45) is 3.13. The van der Waals surface area contributed by atoms with E-state index in [0.29, 0.717) is 22.0 Å². The van der Waals surface area contributed by atoms with Crippen molar-refractivity contribution < 1.29 is 9.59 Å². The number of carbonyl (C=O) groups excluding carboxylic acids is 2. The van der Waals surface area contributed by atoms with Gasteiger partial charge in [0.05, 0.1) is 17.4 Å². The molecule has 2 amide bonds. The Morgan fingerprint density at radius 1 is 1.08 bits per heavy atom. The Kier molecular flexibility index (Phi) is 5.04. The van der Waals surface area contributed by atoms with Gasteiger partial charge in [0.2, 0.25) is 5.91 Å². The normalized spacial score (nSPS) is 10.4. The highest BCUT2D eigenvalue weighted by molar-refractivity contribution is 6.30. The van der Waals surface area contributed by atoms with E-state index in [-0.39, 0.29) is 11.8 Å². The van der Waals surface area contributed by atoms with E-state index in [9.17, 15) is 9.59 Å². The molecule has 7 heteroatoms. The average molecular weight is 369 g/mol. The van der Waals surface area contributed by atoms with Gasteiger partial charge in [-0.05, 0) is 48.9 Å². The van der Waals surface area contributed by atoms with Crippen molar-refractivity contribution in [1.82, 2.24) is 9.78 Å². The fraction of sp³-hybridized carbons (Fsp3) is 0.105. The van der Waals surface area contributed by atoms with Crippen molar-refractivity contribution in [2.45, 2.75) is 13.8 Å². The van der Waals surface area contributed by atoms with Crippen LogP contribution >= 0.6 is 11.6 Å². The fourth-order valence-electron chi connectivity index (χ4n) is 2.40. The van der Waals surface area contributed by atoms with E-state index < -0.39 is 0 Å². The van der Waals surface area contributed by atoms with E-state index in [1.807, 2.05) is 25.1 Å². The summed E-state index contributed by atoms with van der Waals surface area (Å²) >= 11 is 5.88. The van der Waals surface area contributed by atoms with Crippen LogP contribution in [-0.2, 0) is 4.79 Å². The predicted octanol–water partition coefficient (Wildman–Crippen LogP) is 4.04. The molecule has 2 N–H and O–H groups in total. The van der Waals surface area contributed by atoms with Crippen molar-refractivity contribution in [2.75, 3.05) is 10.6 Å². The second-order valence-electron chi connectivity index (χ2n) is 5.82. The number of hydrogen-bond acceptors (Lipinski definition) is 3. The fourth-order valence-corrected chi connectivity index (χ4v) is 2.53. The lowest BCUT2D eigenvalue weighted by Crippen LogP contribution is -2.12. The molecule has 26 heavy (non-hydrogen) atoms. The Bertz CT molecular complexity index is 964. The van der Waals surface area contributed by atoms with Crippen LogP contribution in [0.15, 0.2) is 54.9 Å². The maximum atomic E-state index is 12.5. The van der Waals surface area contributed by atoms with Crippen LogP contribution in [0.5, 0.6) is 0 Å². The van der Waals surface area contributed by atoms with E-state index in [1.165, 1.54) is 13.1 Å². The molecule has 0 aliphatic carbocycles. The zero-order valence-electron chi connectivity index (χ0n) is 14.3. The molecule has 0 aliphatic rings. The van der Waals surface area contributed by atoms with Crippen LogP contribution < -0.4 is 10.6 Å². The molecular weight excluding hydrogens is 352 g/mol. The number of nitrogens with zero attached hydrogens (tertiary/aromatic N) is 2. The minimum Gasteiger partial charge on any atom is -0.326 e. The summed E-state index contributed by atoms with van der Waals surface area (Å²) < 4.78 is 1.60. The predicted molar refractivity (Wildman–Crippen MR) is 102 cm³/mol. The number of amides is 2. The number of hydrogen-bond donors (Lipinski definition) is 2. The number of nitrogens with one attached hydrogen (secondary N) is 2. The number of carbonyl (C=O) groups is 2. The first-order valence-corrected chi connectivity index (χ1v) is 8.30. The van der Waals surface area contributed by atoms with Crippen LogP contribution in [0.2, 0.25) is 5.02 Å². The topological polar surface area (TPSA) is 76.0 Å². The Labute approximate surface area is 155 Å². The molecule has 0 bridgehead atoms. The first-order valence-electron chi connectivity index (χ1n) is 7.92. The lowest BCUT2D eigenvalue weighted by molar-refractivity contribution is -0.114. The summed E-state index contributed by atoms with van der Waals surface area (Å²) in [5.41, 5.74) is 3.38. The van der Waals surface area contributed by atoms with Crippen molar-refractivity contribution in [1.29, 1.82) is 0 Å². The smallest absolute Gasteiger partial charge is 0.258 e. The Balaban J connectivity index is 1.76. The van der Waals surface area contributed by atoms with Gasteiger partial charge in [-0.1, -0.05) is 17.7 Å². The molecule has 0 saturated carbocycles. The maximum Gasteiger partial charge on any atom is 0.258 e. The Morgan fingerprint density at radius 3 is 2.50 bits per heavy atom. The number of anilines is 2. The summed E-state index contributed by atoms with van der Waals surface area (Å²) in [5, 5.41) is 10.4. The van der Waals surface area contributed by atoms with Crippen LogP contribution in [0.3, 0.4) is 0 Å². The van der Waals surface area contributed by atoms with Crippen LogP contribution in [0.1, 0.15) is 22.8 Å². The van der Waals surface area contributed by atoms with E-state index in [2.05, 4.69) is 15.7 Å². The van der Waals surface area contributed by atoms with Gasteiger partial charge in [0.1, 0.15) is 0 Å². The van der Waals surface area contributed by atoms with Gasteiger partial charge in [0.15, 0.2) is 0 Å². The highest BCUT2D eigenvalue weighted by atomic mass is 35.5. The standard InChI is InChI=1S/C19H17ClN4O2/c1-12-3-6-16(9-18(12)22-13(2)25)23-19(26)14-10-21-24(11-14)17-7-4-15(20)5-8-17/h3-11H,1-2H3,(H,22,25)(H,23,26). The molecular formula is C19H17ClN4O2. The molecule has 0 atom stereocenters. The van der Waals surface area contributed by atoms with Gasteiger partial charge in [-0.25, -0.2) is 4.68 Å². The summed E-state index contributed by atoms with van der Waals surface area (Å²) in [6.45, 7) is 3.32. The van der Waals surface area contributed by atoms with E-state index in [4.69, 9.17) is 11.6 Å². The number of halogens is 1. The van der Waals surface area contributed by atoms with Crippen LogP contribution in [-0.4, -0.2) is 21.6 Å². The van der Waals surface area contributed by atoms with Crippen molar-refractivity contribution in [3.63, 3.8) is 0 Å². The first-order chi connectivity index (χ1) is 12.4. The maximum absolute atomic E-state index is 12.5. The lowest BCUT2D eigenvalue weighted by atomic mass is 10.1. The summed E-state index contributed by atoms with van der Waals surface area (Å²) in [4.78, 5) is 23.7. The van der Waals surface area contributed by atoms with Gasteiger partial charge in [0, 0.05) is 29.5 Å². The second-order valence-corrected chi connectivity index (χ2v) is 6.25. The molecule has 0 spiro atoms. The minimum absolute atomic E-state index is 0.166. The molecule has 3 aromatic rings. The zero-order valence-corrected chi connectivity index (χ0v) is 15.0. The third kappa shape index (κ3) is 4.10. The summed E-state index contributed by atoms with van der Waals surface area (Å²) in [5.74, 6) is -0.455.